The summed E-state index contributed by atoms with van der Waals surface area (Å²) in [7, 11) is 1.62. The van der Waals surface area contributed by atoms with E-state index in [1.165, 1.54) is 0 Å². The van der Waals surface area contributed by atoms with E-state index in [2.05, 4.69) is 20.5 Å². The maximum Gasteiger partial charge on any atom is 0.271 e. The standard InChI is InChI=1S/C23H25N5O3/c1-31-19-8-6-16(7-9-19)13-25-22(29)18-5-3-11-28(15-18)23(30)21-12-20(26-27-21)17-4-2-10-24-14-17/h2,4,6-10,12,14,18H,3,5,11,13,15H2,1H3,(H,25,29)(H,26,27). The highest BCUT2D eigenvalue weighted by molar-refractivity contribution is 5.94. The smallest absolute Gasteiger partial charge is 0.271 e. The molecule has 0 spiro atoms. The Hall–Kier alpha value is -3.68. The first-order chi connectivity index (χ1) is 15.1. The number of aromatic amines is 1. The number of nitrogens with zero attached hydrogens (tertiary/aromatic N) is 3. The number of amides is 2. The zero-order valence-electron chi connectivity index (χ0n) is 17.4. The van der Waals surface area contributed by atoms with Crippen LogP contribution in [0.4, 0.5) is 0 Å². The molecule has 2 amide bonds. The van der Waals surface area contributed by atoms with Gasteiger partial charge in [0.25, 0.3) is 5.91 Å². The molecule has 1 fully saturated rings. The summed E-state index contributed by atoms with van der Waals surface area (Å²) in [4.78, 5) is 31.4. The molecule has 1 aliphatic heterocycles. The summed E-state index contributed by atoms with van der Waals surface area (Å²) in [6.07, 6.45) is 4.95. The molecule has 160 valence electrons. The van der Waals surface area contributed by atoms with E-state index in [0.717, 1.165) is 29.7 Å². The first-order valence-electron chi connectivity index (χ1n) is 10.3. The van der Waals surface area contributed by atoms with Crippen LogP contribution in [0.15, 0.2) is 54.9 Å². The Balaban J connectivity index is 1.34. The minimum atomic E-state index is -0.225. The quantitative estimate of drug-likeness (QED) is 0.640. The van der Waals surface area contributed by atoms with Crippen molar-refractivity contribution in [3.05, 3.63) is 66.1 Å². The fourth-order valence-electron chi connectivity index (χ4n) is 3.72. The highest BCUT2D eigenvalue weighted by Gasteiger charge is 2.29. The van der Waals surface area contributed by atoms with Gasteiger partial charge in [0, 0.05) is 37.6 Å². The van der Waals surface area contributed by atoms with Gasteiger partial charge in [0.05, 0.1) is 18.7 Å². The van der Waals surface area contributed by atoms with Gasteiger partial charge in [0.2, 0.25) is 5.91 Å². The van der Waals surface area contributed by atoms with Crippen molar-refractivity contribution in [3.63, 3.8) is 0 Å². The summed E-state index contributed by atoms with van der Waals surface area (Å²) in [5, 5.41) is 10.0. The van der Waals surface area contributed by atoms with Gasteiger partial charge in [-0.3, -0.25) is 19.7 Å². The molecule has 1 aromatic carbocycles. The molecule has 2 N–H and O–H groups in total. The number of H-pyrrole nitrogens is 1. The summed E-state index contributed by atoms with van der Waals surface area (Å²) in [5.74, 6) is 0.378. The monoisotopic (exact) mass is 419 g/mol. The predicted molar refractivity (Wildman–Crippen MR) is 115 cm³/mol. The van der Waals surface area contributed by atoms with E-state index in [-0.39, 0.29) is 17.7 Å². The highest BCUT2D eigenvalue weighted by Crippen LogP contribution is 2.21. The van der Waals surface area contributed by atoms with Crippen molar-refractivity contribution in [1.82, 2.24) is 25.4 Å². The molecule has 31 heavy (non-hydrogen) atoms. The number of benzene rings is 1. The molecule has 2 aromatic heterocycles. The molecule has 1 saturated heterocycles. The molecule has 1 unspecified atom stereocenters. The lowest BCUT2D eigenvalue weighted by molar-refractivity contribution is -0.126. The molecule has 4 rings (SSSR count). The van der Waals surface area contributed by atoms with Crippen molar-refractivity contribution in [2.75, 3.05) is 20.2 Å². The van der Waals surface area contributed by atoms with Crippen LogP contribution in [0.25, 0.3) is 11.3 Å². The van der Waals surface area contributed by atoms with Gasteiger partial charge in [-0.15, -0.1) is 0 Å². The lowest BCUT2D eigenvalue weighted by Gasteiger charge is -2.31. The van der Waals surface area contributed by atoms with Gasteiger partial charge in [0.1, 0.15) is 11.4 Å². The van der Waals surface area contributed by atoms with Gasteiger partial charge in [-0.1, -0.05) is 12.1 Å². The third-order valence-electron chi connectivity index (χ3n) is 5.47. The van der Waals surface area contributed by atoms with Crippen LogP contribution in [0, 0.1) is 5.92 Å². The number of hydrogen-bond donors (Lipinski definition) is 2. The van der Waals surface area contributed by atoms with Gasteiger partial charge in [-0.2, -0.15) is 5.10 Å². The van der Waals surface area contributed by atoms with Crippen molar-refractivity contribution in [2.24, 2.45) is 5.92 Å². The van der Waals surface area contributed by atoms with E-state index in [1.807, 2.05) is 36.4 Å². The van der Waals surface area contributed by atoms with E-state index in [9.17, 15) is 9.59 Å². The average Bonchev–Trinajstić information content (AvgIpc) is 3.33. The summed E-state index contributed by atoms with van der Waals surface area (Å²) >= 11 is 0. The second-order valence-corrected chi connectivity index (χ2v) is 7.56. The molecule has 0 radical (unpaired) electrons. The molecule has 0 saturated carbocycles. The van der Waals surface area contributed by atoms with E-state index in [0.29, 0.717) is 31.0 Å². The first-order valence-corrected chi connectivity index (χ1v) is 10.3. The van der Waals surface area contributed by atoms with Crippen LogP contribution < -0.4 is 10.1 Å². The third kappa shape index (κ3) is 4.91. The fraction of sp³-hybridized carbons (Fsp3) is 0.304. The number of pyridine rings is 1. The molecular weight excluding hydrogens is 394 g/mol. The van der Waals surface area contributed by atoms with Crippen molar-refractivity contribution in [3.8, 4) is 17.0 Å². The minimum Gasteiger partial charge on any atom is -0.497 e. The molecule has 0 aliphatic carbocycles. The van der Waals surface area contributed by atoms with Gasteiger partial charge < -0.3 is 15.0 Å². The molecule has 3 aromatic rings. The fourth-order valence-corrected chi connectivity index (χ4v) is 3.72. The predicted octanol–water partition coefficient (Wildman–Crippen LogP) is 2.65. The Kier molecular flexibility index (Phi) is 6.26. The summed E-state index contributed by atoms with van der Waals surface area (Å²) in [6, 6.07) is 13.0. The largest absolute Gasteiger partial charge is 0.497 e. The van der Waals surface area contributed by atoms with E-state index < -0.39 is 0 Å². The Bertz CT molecular complexity index is 1030. The van der Waals surface area contributed by atoms with Crippen LogP contribution in [-0.2, 0) is 11.3 Å². The normalized spacial score (nSPS) is 16.0. The number of carbonyl (C=O) groups is 2. The number of hydrogen-bond acceptors (Lipinski definition) is 5. The van der Waals surface area contributed by atoms with E-state index in [1.54, 1.807) is 30.5 Å². The number of aromatic nitrogens is 3. The lowest BCUT2D eigenvalue weighted by atomic mass is 9.96. The highest BCUT2D eigenvalue weighted by atomic mass is 16.5. The third-order valence-corrected chi connectivity index (χ3v) is 5.47. The van der Waals surface area contributed by atoms with Crippen molar-refractivity contribution < 1.29 is 14.3 Å². The molecule has 8 nitrogen and oxygen atoms in total. The second kappa shape index (κ2) is 9.42. The van der Waals surface area contributed by atoms with E-state index in [4.69, 9.17) is 4.74 Å². The van der Waals surface area contributed by atoms with Crippen LogP contribution >= 0.6 is 0 Å². The van der Waals surface area contributed by atoms with Crippen LogP contribution in [0.1, 0.15) is 28.9 Å². The Labute approximate surface area is 180 Å². The minimum absolute atomic E-state index is 0.0334. The second-order valence-electron chi connectivity index (χ2n) is 7.56. The maximum absolute atomic E-state index is 12.9. The number of likely N-dealkylation sites (tertiary alicyclic amines) is 1. The topological polar surface area (TPSA) is 100 Å². The van der Waals surface area contributed by atoms with Crippen LogP contribution in [0.2, 0.25) is 0 Å². The Morgan fingerprint density at radius 2 is 2.10 bits per heavy atom. The van der Waals surface area contributed by atoms with Crippen LogP contribution in [0.5, 0.6) is 5.75 Å². The van der Waals surface area contributed by atoms with Crippen molar-refractivity contribution in [1.29, 1.82) is 0 Å². The van der Waals surface area contributed by atoms with Crippen molar-refractivity contribution >= 4 is 11.8 Å². The molecular formula is C23H25N5O3. The number of nitrogens with one attached hydrogen (secondary N) is 2. The molecule has 1 aliphatic rings. The SMILES string of the molecule is COc1ccc(CNC(=O)C2CCCN(C(=O)c3cc(-c4cccnc4)n[nH]3)C2)cc1. The summed E-state index contributed by atoms with van der Waals surface area (Å²) < 4.78 is 5.15. The molecule has 8 heteroatoms. The number of piperidine rings is 1. The average molecular weight is 419 g/mol. The zero-order valence-corrected chi connectivity index (χ0v) is 17.4. The van der Waals surface area contributed by atoms with Crippen LogP contribution in [0.3, 0.4) is 0 Å². The molecule has 0 bridgehead atoms. The van der Waals surface area contributed by atoms with Gasteiger partial charge in [-0.05, 0) is 48.7 Å². The maximum atomic E-state index is 12.9. The van der Waals surface area contributed by atoms with Gasteiger partial charge in [-0.25, -0.2) is 0 Å². The van der Waals surface area contributed by atoms with Crippen LogP contribution in [-0.4, -0.2) is 52.1 Å². The number of methoxy groups -OCH3 is 1. The number of carbonyl (C=O) groups excluding carboxylic acids is 2. The number of rotatable bonds is 6. The van der Waals surface area contributed by atoms with Crippen molar-refractivity contribution in [2.45, 2.75) is 19.4 Å². The summed E-state index contributed by atoms with van der Waals surface area (Å²) in [5.41, 5.74) is 2.92. The Morgan fingerprint density at radius 3 is 2.84 bits per heavy atom. The number of ether oxygens (including phenoxy) is 1. The Morgan fingerprint density at radius 1 is 1.26 bits per heavy atom. The summed E-state index contributed by atoms with van der Waals surface area (Å²) in [6.45, 7) is 1.47. The lowest BCUT2D eigenvalue weighted by Crippen LogP contribution is -2.45. The first kappa shape index (κ1) is 20.6. The zero-order chi connectivity index (χ0) is 21.6. The van der Waals surface area contributed by atoms with Gasteiger partial charge >= 0.3 is 0 Å². The molecule has 3 heterocycles. The molecule has 1 atom stereocenters. The van der Waals surface area contributed by atoms with E-state index >= 15 is 0 Å². The van der Waals surface area contributed by atoms with Gasteiger partial charge in [0.15, 0.2) is 0 Å².